The fourth-order valence-electron chi connectivity index (χ4n) is 1.82. The summed E-state index contributed by atoms with van der Waals surface area (Å²) < 4.78 is 31.8. The number of nitrogens with two attached hydrogens (primary N) is 1. The third kappa shape index (κ3) is 3.84. The minimum atomic E-state index is -3.46. The summed E-state index contributed by atoms with van der Waals surface area (Å²) >= 11 is 0. The topological polar surface area (TPSA) is 81.4 Å². The van der Waals surface area contributed by atoms with Gasteiger partial charge in [-0.05, 0) is 24.5 Å². The number of anilines is 1. The first-order chi connectivity index (χ1) is 9.03. The van der Waals surface area contributed by atoms with Gasteiger partial charge in [-0.2, -0.15) is 0 Å². The second-order valence-electron chi connectivity index (χ2n) is 4.78. The second-order valence-corrected chi connectivity index (χ2v) is 6.55. The van der Waals surface area contributed by atoms with Crippen molar-refractivity contribution in [1.82, 2.24) is 4.72 Å². The fraction of sp³-hybridized carbons (Fsp3) is 0.538. The first-order valence-corrected chi connectivity index (χ1v) is 8.03. The van der Waals surface area contributed by atoms with Gasteiger partial charge in [-0.15, -0.1) is 0 Å². The molecule has 0 spiro atoms. The normalized spacial score (nSPS) is 15.4. The molecule has 106 valence electrons. The molecule has 2 rings (SSSR count). The lowest BCUT2D eigenvalue weighted by Gasteiger charge is -2.11. The number of benzene rings is 1. The van der Waals surface area contributed by atoms with Crippen LogP contribution in [0.25, 0.3) is 0 Å². The predicted octanol–water partition coefficient (Wildman–Crippen LogP) is 1.75. The zero-order valence-electron chi connectivity index (χ0n) is 11.1. The van der Waals surface area contributed by atoms with E-state index in [-0.39, 0.29) is 4.90 Å². The van der Waals surface area contributed by atoms with Crippen LogP contribution in [0, 0.1) is 5.92 Å². The van der Waals surface area contributed by atoms with Gasteiger partial charge >= 0.3 is 0 Å². The summed E-state index contributed by atoms with van der Waals surface area (Å²) in [6.07, 6.45) is 3.55. The number of ether oxygens (including phenoxy) is 1. The molecule has 0 amide bonds. The first-order valence-electron chi connectivity index (χ1n) is 6.55. The third-order valence-corrected chi connectivity index (χ3v) is 4.65. The molecule has 0 atom stereocenters. The highest BCUT2D eigenvalue weighted by atomic mass is 32.2. The van der Waals surface area contributed by atoms with E-state index in [1.54, 1.807) is 13.0 Å². The number of hydrogen-bond acceptors (Lipinski definition) is 4. The van der Waals surface area contributed by atoms with Crippen LogP contribution in [0.4, 0.5) is 5.69 Å². The van der Waals surface area contributed by atoms with E-state index in [1.807, 2.05) is 0 Å². The molecule has 0 radical (unpaired) electrons. The molecule has 5 nitrogen and oxygen atoms in total. The van der Waals surface area contributed by atoms with Crippen molar-refractivity contribution in [2.45, 2.75) is 31.1 Å². The number of rotatable bonds is 7. The maximum Gasteiger partial charge on any atom is 0.240 e. The Morgan fingerprint density at radius 3 is 2.79 bits per heavy atom. The van der Waals surface area contributed by atoms with Crippen LogP contribution in [0.15, 0.2) is 23.1 Å². The molecule has 0 bridgehead atoms. The van der Waals surface area contributed by atoms with E-state index < -0.39 is 10.0 Å². The zero-order valence-corrected chi connectivity index (χ0v) is 11.9. The Balaban J connectivity index is 2.09. The van der Waals surface area contributed by atoms with Gasteiger partial charge in [0.2, 0.25) is 10.0 Å². The smallest absolute Gasteiger partial charge is 0.240 e. The molecule has 0 heterocycles. The predicted molar refractivity (Wildman–Crippen MR) is 74.6 cm³/mol. The molecule has 0 aromatic heterocycles. The van der Waals surface area contributed by atoms with Gasteiger partial charge in [0.15, 0.2) is 0 Å². The molecule has 1 aromatic carbocycles. The Morgan fingerprint density at radius 2 is 2.16 bits per heavy atom. The molecule has 1 fully saturated rings. The van der Waals surface area contributed by atoms with Crippen LogP contribution in [0.3, 0.4) is 0 Å². The van der Waals surface area contributed by atoms with Crippen molar-refractivity contribution < 1.29 is 13.2 Å². The second kappa shape index (κ2) is 5.79. The average Bonchev–Trinajstić information content (AvgIpc) is 3.15. The Labute approximate surface area is 114 Å². The Morgan fingerprint density at radius 1 is 1.42 bits per heavy atom. The van der Waals surface area contributed by atoms with Crippen LogP contribution in [0.5, 0.6) is 5.75 Å². The van der Waals surface area contributed by atoms with E-state index in [1.165, 1.54) is 25.0 Å². The van der Waals surface area contributed by atoms with E-state index in [9.17, 15) is 8.42 Å². The minimum Gasteiger partial charge on any atom is -0.491 e. The maximum atomic E-state index is 11.9. The van der Waals surface area contributed by atoms with E-state index in [0.717, 1.165) is 12.3 Å². The SMILES string of the molecule is CCNS(=O)(=O)c1ccc(N)c(OCCC2CC2)c1. The largest absolute Gasteiger partial charge is 0.491 e. The van der Waals surface area contributed by atoms with Gasteiger partial charge in [0, 0.05) is 12.6 Å². The standard InChI is InChI=1S/C13H20N2O3S/c1-2-15-19(16,17)11-5-6-12(14)13(9-11)18-8-7-10-3-4-10/h5-6,9-10,15H,2-4,7-8,14H2,1H3. The van der Waals surface area contributed by atoms with Crippen LogP contribution in [0.2, 0.25) is 0 Å². The summed E-state index contributed by atoms with van der Waals surface area (Å²) in [5.74, 6) is 1.22. The van der Waals surface area contributed by atoms with Crippen molar-refractivity contribution in [3.05, 3.63) is 18.2 Å². The summed E-state index contributed by atoms with van der Waals surface area (Å²) in [6, 6.07) is 4.54. The number of nitrogen functional groups attached to an aromatic ring is 1. The zero-order chi connectivity index (χ0) is 13.9. The highest BCUT2D eigenvalue weighted by Crippen LogP contribution is 2.33. The van der Waals surface area contributed by atoms with E-state index in [0.29, 0.717) is 24.6 Å². The van der Waals surface area contributed by atoms with E-state index in [4.69, 9.17) is 10.5 Å². The van der Waals surface area contributed by atoms with Crippen molar-refractivity contribution in [1.29, 1.82) is 0 Å². The molecular formula is C13H20N2O3S. The van der Waals surface area contributed by atoms with Crippen molar-refractivity contribution in [2.75, 3.05) is 18.9 Å². The number of nitrogens with one attached hydrogen (secondary N) is 1. The highest BCUT2D eigenvalue weighted by Gasteiger charge is 2.21. The summed E-state index contributed by atoms with van der Waals surface area (Å²) in [6.45, 7) is 2.67. The quantitative estimate of drug-likeness (QED) is 0.747. The van der Waals surface area contributed by atoms with Crippen LogP contribution < -0.4 is 15.2 Å². The van der Waals surface area contributed by atoms with Gasteiger partial charge in [-0.1, -0.05) is 19.8 Å². The fourth-order valence-corrected chi connectivity index (χ4v) is 2.88. The lowest BCUT2D eigenvalue weighted by atomic mass is 10.3. The molecule has 0 saturated heterocycles. The molecule has 1 aliphatic carbocycles. The van der Waals surface area contributed by atoms with Crippen LogP contribution in [-0.2, 0) is 10.0 Å². The van der Waals surface area contributed by atoms with Gasteiger partial charge in [-0.25, -0.2) is 13.1 Å². The minimum absolute atomic E-state index is 0.185. The van der Waals surface area contributed by atoms with E-state index in [2.05, 4.69) is 4.72 Å². The monoisotopic (exact) mass is 284 g/mol. The lowest BCUT2D eigenvalue weighted by Crippen LogP contribution is -2.23. The average molecular weight is 284 g/mol. The highest BCUT2D eigenvalue weighted by molar-refractivity contribution is 7.89. The molecule has 3 N–H and O–H groups in total. The Bertz CT molecular complexity index is 539. The maximum absolute atomic E-state index is 11.9. The molecule has 1 aromatic rings. The summed E-state index contributed by atoms with van der Waals surface area (Å²) in [4.78, 5) is 0.185. The van der Waals surface area contributed by atoms with Gasteiger partial charge < -0.3 is 10.5 Å². The van der Waals surface area contributed by atoms with Crippen LogP contribution >= 0.6 is 0 Å². The summed E-state index contributed by atoms with van der Waals surface area (Å²) in [5, 5.41) is 0. The van der Waals surface area contributed by atoms with Crippen molar-refractivity contribution >= 4 is 15.7 Å². The van der Waals surface area contributed by atoms with E-state index >= 15 is 0 Å². The lowest BCUT2D eigenvalue weighted by molar-refractivity contribution is 0.303. The summed E-state index contributed by atoms with van der Waals surface area (Å²) in [7, 11) is -3.46. The number of sulfonamides is 1. The third-order valence-electron chi connectivity index (χ3n) is 3.11. The molecule has 19 heavy (non-hydrogen) atoms. The Hall–Kier alpha value is -1.27. The molecular weight excluding hydrogens is 264 g/mol. The number of hydrogen-bond donors (Lipinski definition) is 2. The first kappa shape index (κ1) is 14.1. The molecule has 1 saturated carbocycles. The van der Waals surface area contributed by atoms with Crippen LogP contribution in [-0.4, -0.2) is 21.6 Å². The van der Waals surface area contributed by atoms with Crippen molar-refractivity contribution in [3.63, 3.8) is 0 Å². The molecule has 0 aliphatic heterocycles. The van der Waals surface area contributed by atoms with Gasteiger partial charge in [0.05, 0.1) is 17.2 Å². The summed E-state index contributed by atoms with van der Waals surface area (Å²) in [5.41, 5.74) is 6.26. The van der Waals surface area contributed by atoms with Gasteiger partial charge in [-0.3, -0.25) is 0 Å². The van der Waals surface area contributed by atoms with Gasteiger partial charge in [0.25, 0.3) is 0 Å². The van der Waals surface area contributed by atoms with Crippen molar-refractivity contribution in [3.8, 4) is 5.75 Å². The molecule has 1 aliphatic rings. The van der Waals surface area contributed by atoms with Crippen LogP contribution in [0.1, 0.15) is 26.2 Å². The van der Waals surface area contributed by atoms with Crippen molar-refractivity contribution in [2.24, 2.45) is 5.92 Å². The Kier molecular flexibility index (Phi) is 4.31. The molecule has 0 unspecified atom stereocenters. The van der Waals surface area contributed by atoms with Gasteiger partial charge in [0.1, 0.15) is 5.75 Å². The molecule has 6 heteroatoms.